The van der Waals surface area contributed by atoms with Crippen LogP contribution in [0.15, 0.2) is 38.0 Å². The average molecular weight is 262 g/mol. The first kappa shape index (κ1) is 15.7. The lowest BCUT2D eigenvalue weighted by molar-refractivity contribution is -0.151. The molecule has 0 spiro atoms. The van der Waals surface area contributed by atoms with E-state index in [2.05, 4.69) is 26.7 Å². The maximum absolute atomic E-state index is 11.8. The summed E-state index contributed by atoms with van der Waals surface area (Å²) in [4.78, 5) is 11.8. The molecule has 0 bridgehead atoms. The van der Waals surface area contributed by atoms with Gasteiger partial charge in [0.25, 0.3) is 0 Å². The lowest BCUT2D eigenvalue weighted by atomic mass is 9.88. The minimum absolute atomic E-state index is 0.0206. The molecule has 0 aliphatic heterocycles. The number of carbonyl (C=O) groups is 1. The summed E-state index contributed by atoms with van der Waals surface area (Å²) in [6.45, 7) is 13.6. The van der Waals surface area contributed by atoms with E-state index in [4.69, 9.17) is 4.74 Å². The summed E-state index contributed by atoms with van der Waals surface area (Å²) in [5.74, 6) is 1.20. The number of unbranched alkanes of at least 4 members (excludes halogenated alkanes) is 1. The van der Waals surface area contributed by atoms with E-state index < -0.39 is 0 Å². The lowest BCUT2D eigenvalue weighted by Gasteiger charge is -2.22. The molecule has 0 unspecified atom stereocenters. The Hall–Kier alpha value is -1.31. The Morgan fingerprint density at radius 2 is 2.05 bits per heavy atom. The molecule has 4 atom stereocenters. The van der Waals surface area contributed by atoms with Crippen molar-refractivity contribution in [2.24, 2.45) is 17.8 Å². The summed E-state index contributed by atoms with van der Waals surface area (Å²) in [5.41, 5.74) is 0. The molecule has 0 saturated heterocycles. The smallest absolute Gasteiger partial charge is 0.306 e. The summed E-state index contributed by atoms with van der Waals surface area (Å²) in [6.07, 6.45) is 9.75. The molecule has 1 rings (SSSR count). The second kappa shape index (κ2) is 7.98. The standard InChI is InChI=1S/C17H26O2/c1-5-8-9-11-17(18)19-16-12-13(4)14(7-3)15(16)10-6-2/h5-7,13-16H,1-3,8-12H2,4H3/t13-,14+,15-,16+/m1/s1. The van der Waals surface area contributed by atoms with E-state index >= 15 is 0 Å². The van der Waals surface area contributed by atoms with Crippen molar-refractivity contribution < 1.29 is 9.53 Å². The summed E-state index contributed by atoms with van der Waals surface area (Å²) in [7, 11) is 0. The molecule has 1 aliphatic carbocycles. The highest BCUT2D eigenvalue weighted by molar-refractivity contribution is 5.69. The van der Waals surface area contributed by atoms with Gasteiger partial charge in [0, 0.05) is 12.3 Å². The van der Waals surface area contributed by atoms with Gasteiger partial charge in [0.05, 0.1) is 0 Å². The SMILES string of the molecule is C=CCCCC(=O)O[C@H]1C[C@@H](C)[C@H](C=C)[C@H]1CC=C. The Bertz CT molecular complexity index is 332. The predicted molar refractivity (Wildman–Crippen MR) is 79.7 cm³/mol. The second-order valence-corrected chi connectivity index (χ2v) is 5.42. The number of hydrogen-bond acceptors (Lipinski definition) is 2. The molecule has 2 nitrogen and oxygen atoms in total. The van der Waals surface area contributed by atoms with Crippen LogP contribution in [0.25, 0.3) is 0 Å². The minimum Gasteiger partial charge on any atom is -0.462 e. The molecule has 1 fully saturated rings. The van der Waals surface area contributed by atoms with Crippen LogP contribution in [0.5, 0.6) is 0 Å². The van der Waals surface area contributed by atoms with Crippen LogP contribution in [0.3, 0.4) is 0 Å². The van der Waals surface area contributed by atoms with Gasteiger partial charge in [-0.1, -0.05) is 25.2 Å². The topological polar surface area (TPSA) is 26.3 Å². The maximum Gasteiger partial charge on any atom is 0.306 e. The van der Waals surface area contributed by atoms with Crippen LogP contribution in [0.2, 0.25) is 0 Å². The Morgan fingerprint density at radius 1 is 1.32 bits per heavy atom. The van der Waals surface area contributed by atoms with Crippen molar-refractivity contribution in [1.29, 1.82) is 0 Å². The van der Waals surface area contributed by atoms with Crippen LogP contribution >= 0.6 is 0 Å². The zero-order valence-corrected chi connectivity index (χ0v) is 12.0. The van der Waals surface area contributed by atoms with Gasteiger partial charge in [-0.05, 0) is 37.5 Å². The van der Waals surface area contributed by atoms with Gasteiger partial charge < -0.3 is 4.74 Å². The van der Waals surface area contributed by atoms with E-state index in [1.165, 1.54) is 0 Å². The highest BCUT2D eigenvalue weighted by Crippen LogP contribution is 2.41. The third kappa shape index (κ3) is 4.38. The monoisotopic (exact) mass is 262 g/mol. The zero-order chi connectivity index (χ0) is 14.3. The molecule has 0 aromatic heterocycles. The summed E-state index contributed by atoms with van der Waals surface area (Å²) in [6, 6.07) is 0. The lowest BCUT2D eigenvalue weighted by Crippen LogP contribution is -2.24. The minimum atomic E-state index is -0.0853. The van der Waals surface area contributed by atoms with E-state index in [-0.39, 0.29) is 12.1 Å². The fraction of sp³-hybridized carbons (Fsp3) is 0.588. The molecule has 0 radical (unpaired) electrons. The third-order valence-corrected chi connectivity index (χ3v) is 4.02. The van der Waals surface area contributed by atoms with Crippen LogP contribution in [-0.2, 0) is 9.53 Å². The molecule has 0 aromatic carbocycles. The van der Waals surface area contributed by atoms with E-state index in [0.717, 1.165) is 25.7 Å². The number of rotatable bonds is 8. The van der Waals surface area contributed by atoms with Gasteiger partial charge in [0.2, 0.25) is 0 Å². The molecular formula is C17H26O2. The van der Waals surface area contributed by atoms with Crippen molar-refractivity contribution >= 4 is 5.97 Å². The highest BCUT2D eigenvalue weighted by atomic mass is 16.5. The van der Waals surface area contributed by atoms with E-state index in [0.29, 0.717) is 24.2 Å². The van der Waals surface area contributed by atoms with Gasteiger partial charge in [0.1, 0.15) is 6.10 Å². The van der Waals surface area contributed by atoms with Crippen molar-refractivity contribution in [2.75, 3.05) is 0 Å². The van der Waals surface area contributed by atoms with Crippen LogP contribution in [0, 0.1) is 17.8 Å². The highest BCUT2D eigenvalue weighted by Gasteiger charge is 2.40. The molecule has 1 saturated carbocycles. The average Bonchev–Trinajstić information content (AvgIpc) is 2.66. The Labute approximate surface area is 117 Å². The first-order valence-corrected chi connectivity index (χ1v) is 7.17. The second-order valence-electron chi connectivity index (χ2n) is 5.42. The molecule has 0 amide bonds. The van der Waals surface area contributed by atoms with Crippen molar-refractivity contribution in [3.63, 3.8) is 0 Å². The first-order chi connectivity index (χ1) is 9.13. The zero-order valence-electron chi connectivity index (χ0n) is 12.0. The molecule has 0 aromatic rings. The van der Waals surface area contributed by atoms with Crippen molar-refractivity contribution in [3.8, 4) is 0 Å². The molecule has 1 aliphatic rings. The van der Waals surface area contributed by atoms with Crippen LogP contribution in [0.1, 0.15) is 39.0 Å². The molecule has 2 heteroatoms. The fourth-order valence-electron chi connectivity index (χ4n) is 3.03. The Balaban J connectivity index is 2.55. The Kier molecular flexibility index (Phi) is 6.61. The first-order valence-electron chi connectivity index (χ1n) is 7.17. The van der Waals surface area contributed by atoms with Crippen molar-refractivity contribution in [2.45, 2.75) is 45.1 Å². The number of esters is 1. The van der Waals surface area contributed by atoms with Crippen molar-refractivity contribution in [3.05, 3.63) is 38.0 Å². The quantitative estimate of drug-likeness (QED) is 0.370. The molecule has 0 heterocycles. The summed E-state index contributed by atoms with van der Waals surface area (Å²) >= 11 is 0. The normalized spacial score (nSPS) is 29.7. The van der Waals surface area contributed by atoms with E-state index in [9.17, 15) is 4.79 Å². The fourth-order valence-corrected chi connectivity index (χ4v) is 3.03. The van der Waals surface area contributed by atoms with Crippen LogP contribution < -0.4 is 0 Å². The van der Waals surface area contributed by atoms with Gasteiger partial charge in [-0.25, -0.2) is 0 Å². The summed E-state index contributed by atoms with van der Waals surface area (Å²) < 4.78 is 5.66. The molecule has 0 N–H and O–H groups in total. The van der Waals surface area contributed by atoms with Gasteiger partial charge >= 0.3 is 5.97 Å². The Morgan fingerprint density at radius 3 is 2.63 bits per heavy atom. The predicted octanol–water partition coefficient (Wildman–Crippen LogP) is 4.29. The number of ether oxygens (including phenoxy) is 1. The van der Waals surface area contributed by atoms with E-state index in [1.807, 2.05) is 18.2 Å². The van der Waals surface area contributed by atoms with Crippen LogP contribution in [0.4, 0.5) is 0 Å². The van der Waals surface area contributed by atoms with Crippen molar-refractivity contribution in [1.82, 2.24) is 0 Å². The number of carbonyl (C=O) groups excluding carboxylic acids is 1. The number of hydrogen-bond donors (Lipinski definition) is 0. The van der Waals surface area contributed by atoms with Gasteiger partial charge in [-0.3, -0.25) is 4.79 Å². The molecular weight excluding hydrogens is 236 g/mol. The summed E-state index contributed by atoms with van der Waals surface area (Å²) in [5, 5.41) is 0. The third-order valence-electron chi connectivity index (χ3n) is 4.02. The van der Waals surface area contributed by atoms with Crippen LogP contribution in [-0.4, -0.2) is 12.1 Å². The molecule has 19 heavy (non-hydrogen) atoms. The maximum atomic E-state index is 11.8. The van der Waals surface area contributed by atoms with Gasteiger partial charge in [0.15, 0.2) is 0 Å². The number of allylic oxidation sites excluding steroid dienone is 3. The van der Waals surface area contributed by atoms with Gasteiger partial charge in [-0.15, -0.1) is 19.7 Å². The largest absolute Gasteiger partial charge is 0.462 e. The molecule has 106 valence electrons. The van der Waals surface area contributed by atoms with Gasteiger partial charge in [-0.2, -0.15) is 0 Å². The van der Waals surface area contributed by atoms with E-state index in [1.54, 1.807) is 0 Å².